The first-order valence-electron chi connectivity index (χ1n) is 10.5. The molecule has 164 valence electrons. The van der Waals surface area contributed by atoms with Gasteiger partial charge in [0, 0.05) is 49.9 Å². The lowest BCUT2D eigenvalue weighted by atomic mass is 9.95. The Balaban J connectivity index is 1.53. The molecule has 1 N–H and O–H groups in total. The molecule has 2 amide bonds. The fourth-order valence-corrected chi connectivity index (χ4v) is 4.74. The van der Waals surface area contributed by atoms with Crippen LogP contribution in [0.2, 0.25) is 0 Å². The van der Waals surface area contributed by atoms with Crippen LogP contribution in [0, 0.1) is 0 Å². The first-order chi connectivity index (χ1) is 15.0. The standard InChI is InChI=1S/C23H27N3O4S/c1-30-17-7-10-25(11-8-17)23(29)20-19-9-12-26(14-16(19)13-24-21(20)27)22(28)15-3-5-18(31-2)6-4-15/h3-6,13,17H,7-12,14H2,1-2H3,(H,24,27). The van der Waals surface area contributed by atoms with Crippen LogP contribution in [-0.2, 0) is 17.7 Å². The number of thioether (sulfide) groups is 1. The Bertz CT molecular complexity index is 1030. The highest BCUT2D eigenvalue weighted by atomic mass is 32.2. The number of carbonyl (C=O) groups excluding carboxylic acids is 2. The number of hydrogen-bond acceptors (Lipinski definition) is 5. The molecular weight excluding hydrogens is 414 g/mol. The number of piperidine rings is 1. The summed E-state index contributed by atoms with van der Waals surface area (Å²) in [7, 11) is 1.69. The van der Waals surface area contributed by atoms with Crippen LogP contribution in [0.15, 0.2) is 40.2 Å². The van der Waals surface area contributed by atoms with Crippen molar-refractivity contribution in [3.05, 3.63) is 63.1 Å². The number of pyridine rings is 1. The fourth-order valence-electron chi connectivity index (χ4n) is 4.34. The van der Waals surface area contributed by atoms with Crippen LogP contribution in [0.1, 0.15) is 44.7 Å². The molecule has 0 saturated carbocycles. The predicted molar refractivity (Wildman–Crippen MR) is 120 cm³/mol. The summed E-state index contributed by atoms with van der Waals surface area (Å²) in [5, 5.41) is 0. The van der Waals surface area contributed by atoms with Gasteiger partial charge in [-0.25, -0.2) is 0 Å². The average molecular weight is 442 g/mol. The number of benzene rings is 1. The Hall–Kier alpha value is -2.58. The van der Waals surface area contributed by atoms with Crippen LogP contribution in [-0.4, -0.2) is 65.7 Å². The maximum absolute atomic E-state index is 13.2. The van der Waals surface area contributed by atoms with Gasteiger partial charge in [0.1, 0.15) is 5.56 Å². The zero-order valence-electron chi connectivity index (χ0n) is 17.8. The highest BCUT2D eigenvalue weighted by molar-refractivity contribution is 7.98. The van der Waals surface area contributed by atoms with Crippen LogP contribution in [0.3, 0.4) is 0 Å². The third-order valence-electron chi connectivity index (χ3n) is 6.19. The maximum Gasteiger partial charge on any atom is 0.261 e. The lowest BCUT2D eigenvalue weighted by Crippen LogP contribution is -2.44. The minimum Gasteiger partial charge on any atom is -0.381 e. The smallest absolute Gasteiger partial charge is 0.261 e. The number of methoxy groups -OCH3 is 1. The van der Waals surface area contributed by atoms with Gasteiger partial charge in [-0.3, -0.25) is 14.4 Å². The molecule has 1 saturated heterocycles. The third-order valence-corrected chi connectivity index (χ3v) is 6.93. The second kappa shape index (κ2) is 9.28. The number of fused-ring (bicyclic) bond motifs is 1. The highest BCUT2D eigenvalue weighted by Crippen LogP contribution is 2.24. The number of amides is 2. The zero-order chi connectivity index (χ0) is 22.0. The van der Waals surface area contributed by atoms with Gasteiger partial charge in [0.2, 0.25) is 0 Å². The minimum atomic E-state index is -0.356. The van der Waals surface area contributed by atoms with Crippen molar-refractivity contribution in [2.45, 2.75) is 36.8 Å². The number of carbonyl (C=O) groups is 2. The average Bonchev–Trinajstić information content (AvgIpc) is 2.83. The molecule has 0 atom stereocenters. The Labute approximate surface area is 185 Å². The monoisotopic (exact) mass is 441 g/mol. The van der Waals surface area contributed by atoms with Crippen molar-refractivity contribution in [2.24, 2.45) is 0 Å². The van der Waals surface area contributed by atoms with Crippen LogP contribution < -0.4 is 5.56 Å². The van der Waals surface area contributed by atoms with Crippen LogP contribution in [0.5, 0.6) is 0 Å². The van der Waals surface area contributed by atoms with Crippen molar-refractivity contribution in [1.29, 1.82) is 0 Å². The first-order valence-corrected chi connectivity index (χ1v) is 11.7. The quantitative estimate of drug-likeness (QED) is 0.738. The lowest BCUT2D eigenvalue weighted by Gasteiger charge is -2.33. The molecule has 2 aliphatic heterocycles. The zero-order valence-corrected chi connectivity index (χ0v) is 18.7. The SMILES string of the molecule is COC1CCN(C(=O)c2c3c(c[nH]c2=O)CN(C(=O)c2ccc(SC)cc2)CC3)CC1. The molecule has 2 aromatic rings. The molecule has 1 fully saturated rings. The van der Waals surface area contributed by atoms with Crippen molar-refractivity contribution in [3.63, 3.8) is 0 Å². The number of H-pyrrole nitrogens is 1. The van der Waals surface area contributed by atoms with Crippen molar-refractivity contribution in [3.8, 4) is 0 Å². The molecule has 0 aliphatic carbocycles. The van der Waals surface area contributed by atoms with E-state index in [9.17, 15) is 14.4 Å². The highest BCUT2D eigenvalue weighted by Gasteiger charge is 2.31. The minimum absolute atomic E-state index is 0.0426. The molecule has 0 spiro atoms. The predicted octanol–water partition coefficient (Wildman–Crippen LogP) is 2.55. The van der Waals surface area contributed by atoms with E-state index in [2.05, 4.69) is 4.98 Å². The Morgan fingerprint density at radius 1 is 1.06 bits per heavy atom. The van der Waals surface area contributed by atoms with Gasteiger partial charge < -0.3 is 19.5 Å². The molecule has 7 nitrogen and oxygen atoms in total. The summed E-state index contributed by atoms with van der Waals surface area (Å²) in [5.74, 6) is -0.265. The summed E-state index contributed by atoms with van der Waals surface area (Å²) in [6.45, 7) is 2.01. The van der Waals surface area contributed by atoms with E-state index in [1.54, 1.807) is 34.9 Å². The van der Waals surface area contributed by atoms with E-state index >= 15 is 0 Å². The van der Waals surface area contributed by atoms with Crippen molar-refractivity contribution in [1.82, 2.24) is 14.8 Å². The van der Waals surface area contributed by atoms with Crippen molar-refractivity contribution in [2.75, 3.05) is 33.0 Å². The molecule has 2 aliphatic rings. The van der Waals surface area contributed by atoms with E-state index < -0.39 is 0 Å². The molecule has 0 bridgehead atoms. The van der Waals surface area contributed by atoms with Crippen LogP contribution >= 0.6 is 11.8 Å². The van der Waals surface area contributed by atoms with Gasteiger partial charge in [-0.1, -0.05) is 0 Å². The molecule has 1 aromatic carbocycles. The third kappa shape index (κ3) is 4.41. The van der Waals surface area contributed by atoms with Crippen LogP contribution in [0.25, 0.3) is 0 Å². The van der Waals surface area contributed by atoms with Crippen LogP contribution in [0.4, 0.5) is 0 Å². The molecule has 0 unspecified atom stereocenters. The molecule has 1 aromatic heterocycles. The van der Waals surface area contributed by atoms with Gasteiger partial charge in [-0.2, -0.15) is 0 Å². The van der Waals surface area contributed by atoms with E-state index in [1.807, 2.05) is 30.5 Å². The Morgan fingerprint density at radius 3 is 2.42 bits per heavy atom. The molecule has 3 heterocycles. The number of nitrogens with zero attached hydrogens (tertiary/aromatic N) is 2. The first kappa shape index (κ1) is 21.6. The summed E-state index contributed by atoms with van der Waals surface area (Å²) in [5.41, 5.74) is 2.11. The molecular formula is C23H27N3O4S. The number of hydrogen-bond donors (Lipinski definition) is 1. The number of likely N-dealkylation sites (tertiary alicyclic amines) is 1. The number of rotatable bonds is 4. The maximum atomic E-state index is 13.2. The molecule has 31 heavy (non-hydrogen) atoms. The number of nitrogens with one attached hydrogen (secondary N) is 1. The second-order valence-electron chi connectivity index (χ2n) is 7.93. The van der Waals surface area contributed by atoms with Crippen molar-refractivity contribution >= 4 is 23.6 Å². The van der Waals surface area contributed by atoms with Gasteiger partial charge >= 0.3 is 0 Å². The van der Waals surface area contributed by atoms with Gasteiger partial charge in [0.05, 0.1) is 6.10 Å². The number of aromatic nitrogens is 1. The fraction of sp³-hybridized carbons (Fsp3) is 0.435. The summed E-state index contributed by atoms with van der Waals surface area (Å²) in [6.07, 6.45) is 5.83. The van der Waals surface area contributed by atoms with E-state index in [1.165, 1.54) is 0 Å². The Kier molecular flexibility index (Phi) is 6.48. The molecule has 0 radical (unpaired) electrons. The van der Waals surface area contributed by atoms with E-state index in [-0.39, 0.29) is 29.0 Å². The van der Waals surface area contributed by atoms with Gasteiger partial charge in [0.25, 0.3) is 17.4 Å². The summed E-state index contributed by atoms with van der Waals surface area (Å²) in [6, 6.07) is 7.57. The largest absolute Gasteiger partial charge is 0.381 e. The summed E-state index contributed by atoms with van der Waals surface area (Å²) in [4.78, 5) is 46.0. The second-order valence-corrected chi connectivity index (χ2v) is 8.81. The van der Waals surface area contributed by atoms with E-state index in [4.69, 9.17) is 4.74 Å². The normalized spacial score (nSPS) is 16.8. The van der Waals surface area contributed by atoms with Crippen molar-refractivity contribution < 1.29 is 14.3 Å². The van der Waals surface area contributed by atoms with E-state index in [0.29, 0.717) is 38.2 Å². The van der Waals surface area contributed by atoms with Gasteiger partial charge in [-0.15, -0.1) is 11.8 Å². The number of ether oxygens (including phenoxy) is 1. The molecule has 4 rings (SSSR count). The van der Waals surface area contributed by atoms with E-state index in [0.717, 1.165) is 28.9 Å². The van der Waals surface area contributed by atoms with Gasteiger partial charge in [0.15, 0.2) is 0 Å². The Morgan fingerprint density at radius 2 is 1.77 bits per heavy atom. The topological polar surface area (TPSA) is 82.7 Å². The number of aromatic amines is 1. The lowest BCUT2D eigenvalue weighted by molar-refractivity contribution is 0.0349. The molecule has 8 heteroatoms. The summed E-state index contributed by atoms with van der Waals surface area (Å²) >= 11 is 1.63. The summed E-state index contributed by atoms with van der Waals surface area (Å²) < 4.78 is 5.38. The van der Waals surface area contributed by atoms with Gasteiger partial charge in [-0.05, 0) is 60.9 Å².